The topological polar surface area (TPSA) is 41.0 Å². The second kappa shape index (κ2) is 5.89. The Morgan fingerprint density at radius 3 is 2.76 bits per heavy atom. The average molecular weight is 349 g/mol. The maximum atomic E-state index is 4.51. The highest BCUT2D eigenvalue weighted by molar-refractivity contribution is 9.10. The summed E-state index contributed by atoms with van der Waals surface area (Å²) in [4.78, 5) is 11.3. The molecule has 0 bridgehead atoms. The molecule has 21 heavy (non-hydrogen) atoms. The van der Waals surface area contributed by atoms with E-state index >= 15 is 0 Å². The molecule has 1 aliphatic carbocycles. The molecular formula is C16H21BrN4. The Balaban J connectivity index is 1.85. The standard InChI is InChI=1S/C16H21BrN4/c1-21(2)16(6-3-4-7-16)11-20-13-5-8-18-14-9-12(17)10-19-15(13)14/h5,8-10H,3-4,6-7,11H2,1-2H3,(H,18,20). The van der Waals surface area contributed by atoms with E-state index in [4.69, 9.17) is 0 Å². The first kappa shape index (κ1) is 14.7. The zero-order valence-electron chi connectivity index (χ0n) is 12.6. The van der Waals surface area contributed by atoms with Gasteiger partial charge in [-0.1, -0.05) is 12.8 Å². The van der Waals surface area contributed by atoms with Crippen LogP contribution in [0.2, 0.25) is 0 Å². The zero-order chi connectivity index (χ0) is 14.9. The molecule has 4 nitrogen and oxygen atoms in total. The van der Waals surface area contributed by atoms with E-state index in [0.29, 0.717) is 0 Å². The third-order valence-corrected chi connectivity index (χ3v) is 5.07. The summed E-state index contributed by atoms with van der Waals surface area (Å²) in [5.41, 5.74) is 3.19. The molecule has 2 heterocycles. The first-order valence-corrected chi connectivity index (χ1v) is 8.22. The summed E-state index contributed by atoms with van der Waals surface area (Å²) in [6.07, 6.45) is 8.83. The number of nitrogens with zero attached hydrogens (tertiary/aromatic N) is 3. The molecule has 0 atom stereocenters. The monoisotopic (exact) mass is 348 g/mol. The largest absolute Gasteiger partial charge is 0.381 e. The van der Waals surface area contributed by atoms with Crippen LogP contribution in [0.1, 0.15) is 25.7 Å². The zero-order valence-corrected chi connectivity index (χ0v) is 14.2. The van der Waals surface area contributed by atoms with E-state index in [-0.39, 0.29) is 5.54 Å². The van der Waals surface area contributed by atoms with Crippen LogP contribution < -0.4 is 5.32 Å². The number of fused-ring (bicyclic) bond motifs is 1. The van der Waals surface area contributed by atoms with E-state index in [2.05, 4.69) is 50.2 Å². The van der Waals surface area contributed by atoms with Crippen molar-refractivity contribution in [2.45, 2.75) is 31.2 Å². The molecule has 0 amide bonds. The third kappa shape index (κ3) is 2.90. The minimum Gasteiger partial charge on any atom is -0.381 e. The smallest absolute Gasteiger partial charge is 0.112 e. The van der Waals surface area contributed by atoms with Gasteiger partial charge in [0.15, 0.2) is 0 Å². The van der Waals surface area contributed by atoms with Crippen LogP contribution in [-0.4, -0.2) is 41.0 Å². The summed E-state index contributed by atoms with van der Waals surface area (Å²) >= 11 is 3.45. The van der Waals surface area contributed by atoms with Crippen molar-refractivity contribution in [2.75, 3.05) is 26.0 Å². The van der Waals surface area contributed by atoms with Crippen LogP contribution in [0.25, 0.3) is 11.0 Å². The van der Waals surface area contributed by atoms with E-state index in [1.54, 1.807) is 0 Å². The molecule has 1 saturated carbocycles. The molecule has 0 saturated heterocycles. The van der Waals surface area contributed by atoms with Gasteiger partial charge in [0.05, 0.1) is 11.2 Å². The van der Waals surface area contributed by atoms with Crippen molar-refractivity contribution in [1.29, 1.82) is 0 Å². The van der Waals surface area contributed by atoms with E-state index in [9.17, 15) is 0 Å². The lowest BCUT2D eigenvalue weighted by Gasteiger charge is -2.36. The lowest BCUT2D eigenvalue weighted by molar-refractivity contribution is 0.172. The number of nitrogens with one attached hydrogen (secondary N) is 1. The first-order chi connectivity index (χ1) is 10.1. The summed E-state index contributed by atoms with van der Waals surface area (Å²) in [6, 6.07) is 4.02. The fourth-order valence-electron chi connectivity index (χ4n) is 3.22. The van der Waals surface area contributed by atoms with Crippen LogP contribution in [0.3, 0.4) is 0 Å². The molecule has 1 aliphatic rings. The normalized spacial score (nSPS) is 17.5. The molecule has 3 rings (SSSR count). The van der Waals surface area contributed by atoms with Gasteiger partial charge in [0.2, 0.25) is 0 Å². The van der Waals surface area contributed by atoms with Crippen LogP contribution in [-0.2, 0) is 0 Å². The Hall–Kier alpha value is -1.20. The van der Waals surface area contributed by atoms with Crippen molar-refractivity contribution >= 4 is 32.7 Å². The minimum atomic E-state index is 0.269. The molecule has 2 aromatic heterocycles. The molecule has 112 valence electrons. The van der Waals surface area contributed by atoms with Crippen LogP contribution in [0.15, 0.2) is 29.0 Å². The highest BCUT2D eigenvalue weighted by Crippen LogP contribution is 2.34. The van der Waals surface area contributed by atoms with Crippen molar-refractivity contribution in [2.24, 2.45) is 0 Å². The van der Waals surface area contributed by atoms with Gasteiger partial charge in [0.25, 0.3) is 0 Å². The Labute approximate surface area is 134 Å². The lowest BCUT2D eigenvalue weighted by atomic mass is 9.96. The fourth-order valence-corrected chi connectivity index (χ4v) is 3.54. The first-order valence-electron chi connectivity index (χ1n) is 7.42. The molecule has 1 fully saturated rings. The molecule has 0 aliphatic heterocycles. The van der Waals surface area contributed by atoms with Gasteiger partial charge in [0.1, 0.15) is 5.52 Å². The molecular weight excluding hydrogens is 328 g/mol. The van der Waals surface area contributed by atoms with Gasteiger partial charge in [-0.05, 0) is 55.0 Å². The van der Waals surface area contributed by atoms with Crippen molar-refractivity contribution in [3.05, 3.63) is 29.0 Å². The Bertz CT molecular complexity index is 635. The van der Waals surface area contributed by atoms with E-state index < -0.39 is 0 Å². The van der Waals surface area contributed by atoms with Gasteiger partial charge in [-0.15, -0.1) is 0 Å². The number of aromatic nitrogens is 2. The van der Waals surface area contributed by atoms with Crippen molar-refractivity contribution < 1.29 is 0 Å². The number of hydrogen-bond donors (Lipinski definition) is 1. The van der Waals surface area contributed by atoms with Gasteiger partial charge in [-0.25, -0.2) is 0 Å². The van der Waals surface area contributed by atoms with Crippen LogP contribution in [0.5, 0.6) is 0 Å². The Morgan fingerprint density at radius 1 is 1.29 bits per heavy atom. The average Bonchev–Trinajstić information content (AvgIpc) is 2.95. The summed E-state index contributed by atoms with van der Waals surface area (Å²) in [5.74, 6) is 0. The molecule has 0 aromatic carbocycles. The number of pyridine rings is 2. The van der Waals surface area contributed by atoms with Crippen molar-refractivity contribution in [1.82, 2.24) is 14.9 Å². The number of anilines is 1. The Morgan fingerprint density at radius 2 is 2.05 bits per heavy atom. The molecule has 2 aromatic rings. The summed E-state index contributed by atoms with van der Waals surface area (Å²) in [5, 5.41) is 3.61. The van der Waals surface area contributed by atoms with Gasteiger partial charge >= 0.3 is 0 Å². The summed E-state index contributed by atoms with van der Waals surface area (Å²) in [6.45, 7) is 0.955. The molecule has 0 radical (unpaired) electrons. The van der Waals surface area contributed by atoms with E-state index in [0.717, 1.165) is 27.7 Å². The molecule has 0 unspecified atom stereocenters. The van der Waals surface area contributed by atoms with Crippen LogP contribution in [0.4, 0.5) is 5.69 Å². The van der Waals surface area contributed by atoms with Gasteiger partial charge < -0.3 is 10.2 Å². The number of halogens is 1. The molecule has 5 heteroatoms. The van der Waals surface area contributed by atoms with Crippen LogP contribution >= 0.6 is 15.9 Å². The maximum absolute atomic E-state index is 4.51. The highest BCUT2D eigenvalue weighted by Gasteiger charge is 2.35. The Kier molecular flexibility index (Phi) is 4.13. The lowest BCUT2D eigenvalue weighted by Crippen LogP contribution is -2.47. The summed E-state index contributed by atoms with van der Waals surface area (Å²) in [7, 11) is 4.38. The number of hydrogen-bond acceptors (Lipinski definition) is 4. The maximum Gasteiger partial charge on any atom is 0.112 e. The number of likely N-dealkylation sites (N-methyl/N-ethyl adjacent to an activating group) is 1. The molecule has 0 spiro atoms. The predicted molar refractivity (Wildman–Crippen MR) is 90.6 cm³/mol. The van der Waals surface area contributed by atoms with Crippen molar-refractivity contribution in [3.8, 4) is 0 Å². The van der Waals surface area contributed by atoms with Gasteiger partial charge in [0, 0.05) is 29.0 Å². The summed E-state index contributed by atoms with van der Waals surface area (Å²) < 4.78 is 0.959. The molecule has 1 N–H and O–H groups in total. The number of rotatable bonds is 4. The quantitative estimate of drug-likeness (QED) is 0.914. The van der Waals surface area contributed by atoms with Crippen molar-refractivity contribution in [3.63, 3.8) is 0 Å². The third-order valence-electron chi connectivity index (χ3n) is 4.63. The second-order valence-corrected chi connectivity index (χ2v) is 6.97. The van der Waals surface area contributed by atoms with Gasteiger partial charge in [-0.3, -0.25) is 9.97 Å². The van der Waals surface area contributed by atoms with E-state index in [1.807, 2.05) is 24.5 Å². The predicted octanol–water partition coefficient (Wildman–Crippen LogP) is 3.68. The minimum absolute atomic E-state index is 0.269. The van der Waals surface area contributed by atoms with Gasteiger partial charge in [-0.2, -0.15) is 0 Å². The SMILES string of the molecule is CN(C)C1(CNc2ccnc3cc(Br)cnc23)CCCC1. The second-order valence-electron chi connectivity index (χ2n) is 6.06. The fraction of sp³-hybridized carbons (Fsp3) is 0.500. The van der Waals surface area contributed by atoms with E-state index in [1.165, 1.54) is 25.7 Å². The van der Waals surface area contributed by atoms with Crippen LogP contribution in [0, 0.1) is 0 Å². The highest BCUT2D eigenvalue weighted by atomic mass is 79.9.